The average Bonchev–Trinajstić information content (AvgIpc) is 3.06. The van der Waals surface area contributed by atoms with E-state index in [1.807, 2.05) is 42.5 Å². The molecule has 7 rings (SSSR count). The monoisotopic (exact) mass is 698 g/mol. The Morgan fingerprint density at radius 3 is 2.11 bits per heavy atom. The molecule has 3 aliphatic rings. The summed E-state index contributed by atoms with van der Waals surface area (Å²) < 4.78 is 21.7. The van der Waals surface area contributed by atoms with Crippen LogP contribution in [0.3, 0.4) is 0 Å². The minimum absolute atomic E-state index is 0.0430. The molecule has 1 heterocycles. The normalized spacial score (nSPS) is 24.4. The Hall–Kier alpha value is -3.17. The third kappa shape index (κ3) is 6.01. The van der Waals surface area contributed by atoms with Crippen LogP contribution in [-0.2, 0) is 13.2 Å². The first-order valence-electron chi connectivity index (χ1n) is 16.6. The van der Waals surface area contributed by atoms with Crippen molar-refractivity contribution < 1.29 is 14.2 Å². The number of fused-ring (bicyclic) bond motifs is 4. The summed E-state index contributed by atoms with van der Waals surface area (Å²) in [5, 5.41) is 1.55. The van der Waals surface area contributed by atoms with Gasteiger partial charge >= 0.3 is 281 Å². The molecule has 3 nitrogen and oxygen atoms in total. The van der Waals surface area contributed by atoms with Crippen LogP contribution >= 0.6 is 11.6 Å². The molecule has 2 fully saturated rings. The van der Waals surface area contributed by atoms with Crippen molar-refractivity contribution in [1.82, 2.24) is 0 Å². The molecule has 0 radical (unpaired) electrons. The first-order chi connectivity index (χ1) is 22.3. The second kappa shape index (κ2) is 12.8. The van der Waals surface area contributed by atoms with Crippen LogP contribution in [0.25, 0.3) is 6.08 Å². The Bertz CT molecular complexity index is 1700. The standard InChI is InChI=1S/C41H43ClO3Se/c1-39(2)21-13-22-40(3)35(39)20-23-41(28-46-31-18-11-6-12-19-31)36(40)24-32-33(45-41)25-34(43-26-29-14-7-4-8-15-29)38(37(32)42)44-27-30-16-9-5-10-17-30/h4-12,14-19,24-25,35H,13,20-23,26-28H2,1-3H3/t35-,40-,41+/m0/s1. The second-order valence-electron chi connectivity index (χ2n) is 14.1. The average molecular weight is 698 g/mol. The van der Waals surface area contributed by atoms with E-state index in [4.69, 9.17) is 25.8 Å². The van der Waals surface area contributed by atoms with Crippen LogP contribution in [0.4, 0.5) is 0 Å². The van der Waals surface area contributed by atoms with Crippen molar-refractivity contribution in [2.75, 3.05) is 0 Å². The van der Waals surface area contributed by atoms with Crippen molar-refractivity contribution in [1.29, 1.82) is 0 Å². The number of ether oxygens (including phenoxy) is 3. The fraction of sp³-hybridized carbons (Fsp3) is 0.366. The molecule has 2 aliphatic carbocycles. The van der Waals surface area contributed by atoms with E-state index in [9.17, 15) is 0 Å². The predicted octanol–water partition coefficient (Wildman–Crippen LogP) is 10.1. The van der Waals surface area contributed by atoms with Crippen molar-refractivity contribution in [2.24, 2.45) is 16.7 Å². The minimum atomic E-state index is -0.367. The molecule has 2 saturated carbocycles. The molecule has 46 heavy (non-hydrogen) atoms. The van der Waals surface area contributed by atoms with Crippen molar-refractivity contribution in [3.63, 3.8) is 0 Å². The first kappa shape index (κ1) is 31.4. The van der Waals surface area contributed by atoms with Crippen LogP contribution in [0.1, 0.15) is 69.6 Å². The number of rotatable bonds is 9. The van der Waals surface area contributed by atoms with E-state index >= 15 is 0 Å². The topological polar surface area (TPSA) is 27.7 Å². The molecule has 4 aromatic rings. The molecule has 5 heteroatoms. The summed E-state index contributed by atoms with van der Waals surface area (Å²) in [6.45, 7) is 8.28. The van der Waals surface area contributed by atoms with Gasteiger partial charge in [-0.3, -0.25) is 0 Å². The van der Waals surface area contributed by atoms with Gasteiger partial charge in [0.1, 0.15) is 0 Å². The zero-order valence-electron chi connectivity index (χ0n) is 27.1. The fourth-order valence-electron chi connectivity index (χ4n) is 8.37. The first-order valence-corrected chi connectivity index (χ1v) is 19.0. The van der Waals surface area contributed by atoms with Gasteiger partial charge in [0.2, 0.25) is 0 Å². The SMILES string of the molecule is CC1(C)CCC[C@]2(C)C3=Cc4c(cc(OCc5ccccc5)c(OCc5ccccc5)c4Cl)O[C@@]3(C[Se]c3ccccc3)CC[C@@H]12. The molecular weight excluding hydrogens is 655 g/mol. The molecule has 3 atom stereocenters. The molecule has 0 bridgehead atoms. The van der Waals surface area contributed by atoms with E-state index in [0.29, 0.717) is 35.7 Å². The Kier molecular flexibility index (Phi) is 8.74. The van der Waals surface area contributed by atoms with Crippen molar-refractivity contribution >= 4 is 37.1 Å². The van der Waals surface area contributed by atoms with Gasteiger partial charge in [0.05, 0.1) is 0 Å². The van der Waals surface area contributed by atoms with Crippen LogP contribution in [0.5, 0.6) is 17.2 Å². The number of hydrogen-bond acceptors (Lipinski definition) is 3. The summed E-state index contributed by atoms with van der Waals surface area (Å²) in [7, 11) is 0. The molecule has 1 aliphatic heterocycles. The van der Waals surface area contributed by atoms with Gasteiger partial charge in [-0.05, 0) is 0 Å². The van der Waals surface area contributed by atoms with Gasteiger partial charge < -0.3 is 0 Å². The molecule has 0 spiro atoms. The molecule has 0 aromatic heterocycles. The van der Waals surface area contributed by atoms with Crippen LogP contribution in [-0.4, -0.2) is 20.6 Å². The van der Waals surface area contributed by atoms with E-state index in [1.165, 1.54) is 35.7 Å². The van der Waals surface area contributed by atoms with Gasteiger partial charge in [-0.25, -0.2) is 0 Å². The van der Waals surface area contributed by atoms with Gasteiger partial charge in [-0.15, -0.1) is 0 Å². The summed E-state index contributed by atoms with van der Waals surface area (Å²) in [5.41, 5.74) is 4.47. The van der Waals surface area contributed by atoms with E-state index in [-0.39, 0.29) is 31.4 Å². The predicted molar refractivity (Wildman–Crippen MR) is 189 cm³/mol. The molecule has 4 aromatic carbocycles. The summed E-state index contributed by atoms with van der Waals surface area (Å²) >= 11 is 7.64. The van der Waals surface area contributed by atoms with Crippen molar-refractivity contribution in [3.8, 4) is 17.2 Å². The van der Waals surface area contributed by atoms with Gasteiger partial charge in [0.15, 0.2) is 0 Å². The molecule has 0 unspecified atom stereocenters. The molecular formula is C41H43ClO3Se. The van der Waals surface area contributed by atoms with Crippen molar-refractivity contribution in [2.45, 2.75) is 77.0 Å². The van der Waals surface area contributed by atoms with Crippen LogP contribution in [0.15, 0.2) is 103 Å². The summed E-state index contributed by atoms with van der Waals surface area (Å²) in [5.74, 6) is 2.58. The second-order valence-corrected chi connectivity index (χ2v) is 16.7. The Balaban J connectivity index is 1.32. The zero-order valence-corrected chi connectivity index (χ0v) is 29.5. The third-order valence-corrected chi connectivity index (χ3v) is 13.6. The van der Waals surface area contributed by atoms with Crippen molar-refractivity contribution in [3.05, 3.63) is 124 Å². The van der Waals surface area contributed by atoms with Gasteiger partial charge in [0.25, 0.3) is 0 Å². The molecule has 0 N–H and O–H groups in total. The maximum absolute atomic E-state index is 7.38. The quantitative estimate of drug-likeness (QED) is 0.163. The Morgan fingerprint density at radius 1 is 0.804 bits per heavy atom. The Morgan fingerprint density at radius 2 is 1.43 bits per heavy atom. The van der Waals surface area contributed by atoms with Gasteiger partial charge in [-0.2, -0.15) is 0 Å². The van der Waals surface area contributed by atoms with Crippen LogP contribution in [0.2, 0.25) is 10.3 Å². The Labute approximate surface area is 285 Å². The number of benzene rings is 4. The molecule has 238 valence electrons. The van der Waals surface area contributed by atoms with Gasteiger partial charge in [0, 0.05) is 0 Å². The van der Waals surface area contributed by atoms with E-state index < -0.39 is 0 Å². The molecule has 0 amide bonds. The fourth-order valence-corrected chi connectivity index (χ4v) is 11.0. The third-order valence-electron chi connectivity index (χ3n) is 10.6. The summed E-state index contributed by atoms with van der Waals surface area (Å²) in [6.07, 6.45) is 8.28. The van der Waals surface area contributed by atoms with E-state index in [0.717, 1.165) is 34.2 Å². The van der Waals surface area contributed by atoms with E-state index in [1.54, 1.807) is 0 Å². The molecule has 0 saturated heterocycles. The van der Waals surface area contributed by atoms with Gasteiger partial charge in [-0.1, -0.05) is 6.07 Å². The summed E-state index contributed by atoms with van der Waals surface area (Å²) in [4.78, 5) is 0. The zero-order chi connectivity index (χ0) is 31.8. The van der Waals surface area contributed by atoms with Crippen LogP contribution in [0, 0.1) is 16.7 Å². The van der Waals surface area contributed by atoms with Crippen LogP contribution < -0.4 is 18.7 Å². The summed E-state index contributed by atoms with van der Waals surface area (Å²) in [6, 6.07) is 33.4. The maximum atomic E-state index is 7.38. The van der Waals surface area contributed by atoms with E-state index in [2.05, 4.69) is 81.4 Å². The number of hydrogen-bond donors (Lipinski definition) is 0. The number of halogens is 1.